The highest BCUT2D eigenvalue weighted by molar-refractivity contribution is 6.01. The van der Waals surface area contributed by atoms with Crippen molar-refractivity contribution in [3.8, 4) is 23.0 Å². The lowest BCUT2D eigenvalue weighted by Gasteiger charge is -2.38. The van der Waals surface area contributed by atoms with Crippen LogP contribution < -0.4 is 15.0 Å². The second-order valence-corrected chi connectivity index (χ2v) is 13.3. The van der Waals surface area contributed by atoms with Crippen LogP contribution in [0.4, 0.5) is 23.8 Å². The van der Waals surface area contributed by atoms with Gasteiger partial charge in [0.2, 0.25) is 0 Å². The third-order valence-corrected chi connectivity index (χ3v) is 10.5. The third-order valence-electron chi connectivity index (χ3n) is 10.5. The first kappa shape index (κ1) is 30.0. The molecule has 4 fully saturated rings. The highest BCUT2D eigenvalue weighted by atomic mass is 19.1. The van der Waals surface area contributed by atoms with Crippen molar-refractivity contribution in [2.45, 2.75) is 62.7 Å². The number of amides is 1. The molecule has 4 aliphatic heterocycles. The van der Waals surface area contributed by atoms with E-state index >= 15 is 4.39 Å². The Kier molecular flexibility index (Phi) is 7.08. The van der Waals surface area contributed by atoms with Crippen molar-refractivity contribution in [2.75, 3.05) is 44.3 Å². The molecule has 0 bridgehead atoms. The fourth-order valence-electron chi connectivity index (χ4n) is 8.10. The van der Waals surface area contributed by atoms with Crippen LogP contribution in [0.25, 0.3) is 32.9 Å². The van der Waals surface area contributed by atoms with E-state index in [-0.39, 0.29) is 41.7 Å². The Bertz CT molecular complexity index is 1920. The maximum absolute atomic E-state index is 16.8. The Morgan fingerprint density at radius 1 is 1.15 bits per heavy atom. The number of fused-ring (bicyclic) bond motifs is 3. The molecule has 47 heavy (non-hydrogen) atoms. The Hall–Kier alpha value is -4.39. The van der Waals surface area contributed by atoms with Gasteiger partial charge in [0.05, 0.1) is 16.5 Å². The van der Waals surface area contributed by atoms with Crippen molar-refractivity contribution in [1.29, 1.82) is 0 Å². The van der Waals surface area contributed by atoms with Gasteiger partial charge >= 0.3 is 12.1 Å². The van der Waals surface area contributed by atoms with E-state index in [1.165, 1.54) is 24.4 Å². The summed E-state index contributed by atoms with van der Waals surface area (Å²) in [6, 6.07) is 5.76. The van der Waals surface area contributed by atoms with Crippen LogP contribution in [0.2, 0.25) is 0 Å². The van der Waals surface area contributed by atoms with Crippen LogP contribution in [0.5, 0.6) is 11.8 Å². The molecule has 0 unspecified atom stereocenters. The van der Waals surface area contributed by atoms with Crippen LogP contribution in [0.3, 0.4) is 0 Å². The number of hydrogen-bond acceptors (Lipinski definition) is 9. The van der Waals surface area contributed by atoms with Crippen LogP contribution in [0.1, 0.15) is 44.6 Å². The van der Waals surface area contributed by atoms with Gasteiger partial charge in [0.25, 0.3) is 0 Å². The molecule has 4 aliphatic rings. The van der Waals surface area contributed by atoms with Gasteiger partial charge in [0.1, 0.15) is 48.0 Å². The number of halogens is 3. The summed E-state index contributed by atoms with van der Waals surface area (Å²) in [6.45, 7) is 4.42. The van der Waals surface area contributed by atoms with E-state index in [2.05, 4.69) is 20.2 Å². The molecule has 1 spiro atoms. The number of benzene rings is 2. The number of nitrogens with zero attached hydrogens (tertiary/aromatic N) is 5. The number of alkyl halides is 1. The quantitative estimate of drug-likeness (QED) is 0.283. The van der Waals surface area contributed by atoms with Crippen molar-refractivity contribution in [1.82, 2.24) is 25.2 Å². The minimum Gasteiger partial charge on any atom is -0.508 e. The van der Waals surface area contributed by atoms with Crippen molar-refractivity contribution in [2.24, 2.45) is 0 Å². The van der Waals surface area contributed by atoms with Crippen molar-refractivity contribution >= 4 is 33.6 Å². The number of anilines is 1. The van der Waals surface area contributed by atoms with Crippen LogP contribution in [-0.2, 0) is 11.2 Å². The molecule has 10 nitrogen and oxygen atoms in total. The monoisotopic (exact) mass is 648 g/mol. The predicted octanol–water partition coefficient (Wildman–Crippen LogP) is 5.43. The number of carbonyl (C=O) groups is 1. The van der Waals surface area contributed by atoms with E-state index < -0.39 is 35.0 Å². The zero-order chi connectivity index (χ0) is 32.5. The van der Waals surface area contributed by atoms with Crippen molar-refractivity contribution in [3.05, 3.63) is 47.7 Å². The summed E-state index contributed by atoms with van der Waals surface area (Å²) in [5.74, 6) is -0.865. The lowest BCUT2D eigenvalue weighted by atomic mass is 9.89. The number of rotatable bonds is 6. The average Bonchev–Trinajstić information content (AvgIpc) is 3.71. The second kappa shape index (κ2) is 11.1. The lowest BCUT2D eigenvalue weighted by Crippen LogP contribution is -2.52. The molecule has 2 N–H and O–H groups in total. The van der Waals surface area contributed by atoms with Crippen LogP contribution in [-0.4, -0.2) is 87.7 Å². The summed E-state index contributed by atoms with van der Waals surface area (Å²) in [7, 11) is 0. The first-order chi connectivity index (χ1) is 22.7. The minimum atomic E-state index is -0.936. The van der Waals surface area contributed by atoms with Gasteiger partial charge in [-0.3, -0.25) is 9.88 Å². The molecule has 13 heteroatoms. The van der Waals surface area contributed by atoms with Gasteiger partial charge in [-0.2, -0.15) is 9.97 Å². The zero-order valence-corrected chi connectivity index (χ0v) is 26.0. The number of aryl methyl sites for hydroxylation is 1. The number of phenols is 1. The van der Waals surface area contributed by atoms with Crippen molar-refractivity contribution < 1.29 is 32.5 Å². The zero-order valence-electron chi connectivity index (χ0n) is 26.0. The van der Waals surface area contributed by atoms with E-state index in [1.807, 2.05) is 11.8 Å². The summed E-state index contributed by atoms with van der Waals surface area (Å²) in [5.41, 5.74) is -0.413. The number of piperidine rings is 1. The van der Waals surface area contributed by atoms with Gasteiger partial charge in [-0.15, -0.1) is 0 Å². The second-order valence-electron chi connectivity index (χ2n) is 13.3. The summed E-state index contributed by atoms with van der Waals surface area (Å²) in [4.78, 5) is 29.8. The number of nitrogens with one attached hydrogen (secondary N) is 1. The maximum Gasteiger partial charge on any atom is 0.407 e. The third kappa shape index (κ3) is 4.97. The topological polar surface area (TPSA) is 113 Å². The normalized spacial score (nSPS) is 23.9. The Balaban J connectivity index is 1.23. The number of cyclic esters (lactones) is 1. The molecular weight excluding hydrogens is 613 g/mol. The molecule has 1 amide bonds. The van der Waals surface area contributed by atoms with Gasteiger partial charge in [-0.25, -0.2) is 18.0 Å². The van der Waals surface area contributed by atoms with Crippen LogP contribution >= 0.6 is 0 Å². The molecule has 246 valence electrons. The smallest absolute Gasteiger partial charge is 0.407 e. The van der Waals surface area contributed by atoms with Gasteiger partial charge in [0.15, 0.2) is 5.82 Å². The minimum absolute atomic E-state index is 0.0331. The number of pyridine rings is 1. The molecule has 0 radical (unpaired) electrons. The Labute approximate surface area is 268 Å². The van der Waals surface area contributed by atoms with E-state index in [4.69, 9.17) is 14.5 Å². The fraction of sp³-hybridized carbons (Fsp3) is 0.471. The summed E-state index contributed by atoms with van der Waals surface area (Å²) in [6.07, 6.45) is 3.75. The number of carbonyl (C=O) groups excluding carboxylic acids is 1. The summed E-state index contributed by atoms with van der Waals surface area (Å²) >= 11 is 0. The molecule has 8 rings (SSSR count). The summed E-state index contributed by atoms with van der Waals surface area (Å²) in [5, 5.41) is 14.9. The fourth-order valence-corrected chi connectivity index (χ4v) is 8.10. The average molecular weight is 649 g/mol. The molecule has 6 heterocycles. The highest BCUT2D eigenvalue weighted by Crippen LogP contribution is 2.42. The lowest BCUT2D eigenvalue weighted by molar-refractivity contribution is 0.107. The first-order valence-corrected chi connectivity index (χ1v) is 16.2. The number of hydrogen-bond donors (Lipinski definition) is 2. The molecule has 4 aromatic rings. The number of aromatic hydroxyl groups is 1. The largest absolute Gasteiger partial charge is 0.508 e. The molecule has 0 saturated carbocycles. The van der Waals surface area contributed by atoms with Gasteiger partial charge in [-0.1, -0.05) is 13.0 Å². The van der Waals surface area contributed by atoms with E-state index in [9.17, 15) is 18.7 Å². The Morgan fingerprint density at radius 3 is 2.74 bits per heavy atom. The molecule has 2 aromatic carbocycles. The first-order valence-electron chi connectivity index (χ1n) is 16.2. The van der Waals surface area contributed by atoms with Gasteiger partial charge in [0, 0.05) is 37.8 Å². The molecular formula is C34H35F3N6O4. The van der Waals surface area contributed by atoms with Crippen molar-refractivity contribution in [3.63, 3.8) is 0 Å². The molecule has 2 aromatic heterocycles. The summed E-state index contributed by atoms with van der Waals surface area (Å²) < 4.78 is 57.7. The van der Waals surface area contributed by atoms with Crippen LogP contribution in [0, 0.1) is 11.6 Å². The maximum atomic E-state index is 16.8. The SMILES string of the molecule is CCc1c(F)ccc2cc(O)cc(-c3ncc4c(N5CCC6(CC5)COC(=O)N6)nc(OC[C@@]56CCCN5C[C@H](F)C6)nc4c3F)c12. The highest BCUT2D eigenvalue weighted by Gasteiger charge is 2.49. The van der Waals surface area contributed by atoms with E-state index in [1.54, 1.807) is 6.07 Å². The predicted molar refractivity (Wildman–Crippen MR) is 168 cm³/mol. The van der Waals surface area contributed by atoms with E-state index in [0.717, 1.165) is 19.4 Å². The standard InChI is InChI=1S/C34H35F3N6O4/c1-2-22-25(36)5-4-19-12-21(44)13-23(26(19)22)28-27(37)29-24(15-38-28)30(42-10-7-33(8-11-42)17-47-32(45)41-33)40-31(39-29)46-18-34-6-3-9-43(34)16-20(35)14-34/h4-5,12-13,15,20,44H,2-3,6-11,14,16-18H2,1H3,(H,41,45)/t20-,34+/m1/s1. The Morgan fingerprint density at radius 2 is 1.98 bits per heavy atom. The van der Waals surface area contributed by atoms with Crippen LogP contribution in [0.15, 0.2) is 30.5 Å². The molecule has 4 saturated heterocycles. The number of aromatic nitrogens is 3. The molecule has 0 aliphatic carbocycles. The number of ether oxygens (including phenoxy) is 2. The number of alkyl carbamates (subject to hydrolysis) is 1. The van der Waals surface area contributed by atoms with Gasteiger partial charge < -0.3 is 24.8 Å². The molecule has 2 atom stereocenters. The van der Waals surface area contributed by atoms with E-state index in [0.29, 0.717) is 72.9 Å². The van der Waals surface area contributed by atoms with Gasteiger partial charge in [-0.05, 0) is 73.2 Å². The number of phenolic OH excluding ortho intramolecular Hbond substituents is 1.